The number of hydrogen-bond donors (Lipinski definition) is 2. The zero-order valence-corrected chi connectivity index (χ0v) is 12.8. The van der Waals surface area contributed by atoms with Crippen LogP contribution in [0.3, 0.4) is 0 Å². The Bertz CT molecular complexity index is 480. The summed E-state index contributed by atoms with van der Waals surface area (Å²) in [6.07, 6.45) is 6.65. The summed E-state index contributed by atoms with van der Waals surface area (Å²) in [6.45, 7) is 4.89. The summed E-state index contributed by atoms with van der Waals surface area (Å²) in [5, 5.41) is 10.5. The smallest absolute Gasteiger partial charge is 0.293 e. The van der Waals surface area contributed by atoms with Gasteiger partial charge in [0, 0.05) is 25.6 Å². The molecule has 0 radical (unpaired) electrons. The SMILES string of the molecule is CCCc1nc(C(=O)N2CCCC(C3CCCN3)C2)n[nH]1. The number of nitrogens with zero attached hydrogens (tertiary/aromatic N) is 3. The first-order chi connectivity index (χ1) is 10.3. The Morgan fingerprint density at radius 2 is 2.29 bits per heavy atom. The van der Waals surface area contributed by atoms with Crippen molar-refractivity contribution in [1.29, 1.82) is 0 Å². The first-order valence-electron chi connectivity index (χ1n) is 8.22. The molecule has 116 valence electrons. The van der Waals surface area contributed by atoms with E-state index in [1.54, 1.807) is 0 Å². The Balaban J connectivity index is 1.62. The van der Waals surface area contributed by atoms with Crippen LogP contribution in [0.15, 0.2) is 0 Å². The van der Waals surface area contributed by atoms with E-state index in [0.29, 0.717) is 17.8 Å². The molecule has 1 aromatic heterocycles. The summed E-state index contributed by atoms with van der Waals surface area (Å²) < 4.78 is 0. The molecule has 0 aromatic carbocycles. The highest BCUT2D eigenvalue weighted by molar-refractivity contribution is 5.90. The van der Waals surface area contributed by atoms with Crippen LogP contribution in [-0.2, 0) is 6.42 Å². The summed E-state index contributed by atoms with van der Waals surface area (Å²) >= 11 is 0. The Morgan fingerprint density at radius 1 is 1.38 bits per heavy atom. The third-order valence-corrected chi connectivity index (χ3v) is 4.62. The van der Waals surface area contributed by atoms with Gasteiger partial charge < -0.3 is 10.2 Å². The van der Waals surface area contributed by atoms with Crippen LogP contribution in [-0.4, -0.2) is 51.7 Å². The standard InChI is InChI=1S/C15H25N5O/c1-2-5-13-17-14(19-18-13)15(21)20-9-4-6-11(10-20)12-7-3-8-16-12/h11-12,16H,2-10H2,1H3,(H,17,18,19). The van der Waals surface area contributed by atoms with E-state index in [1.165, 1.54) is 19.3 Å². The van der Waals surface area contributed by atoms with Crippen LogP contribution < -0.4 is 5.32 Å². The molecule has 6 nitrogen and oxygen atoms in total. The molecule has 3 rings (SSSR count). The van der Waals surface area contributed by atoms with E-state index in [0.717, 1.165) is 44.7 Å². The molecule has 0 bridgehead atoms. The minimum absolute atomic E-state index is 0.0173. The third kappa shape index (κ3) is 3.26. The second kappa shape index (κ2) is 6.56. The van der Waals surface area contributed by atoms with Crippen molar-refractivity contribution in [2.24, 2.45) is 5.92 Å². The molecule has 0 aliphatic carbocycles. The van der Waals surface area contributed by atoms with E-state index in [9.17, 15) is 4.79 Å². The fourth-order valence-electron chi connectivity index (χ4n) is 3.52. The monoisotopic (exact) mass is 291 g/mol. The van der Waals surface area contributed by atoms with Gasteiger partial charge in [-0.25, -0.2) is 4.98 Å². The van der Waals surface area contributed by atoms with Crippen molar-refractivity contribution < 1.29 is 4.79 Å². The van der Waals surface area contributed by atoms with Crippen LogP contribution in [0.2, 0.25) is 0 Å². The van der Waals surface area contributed by atoms with Gasteiger partial charge in [0.15, 0.2) is 0 Å². The third-order valence-electron chi connectivity index (χ3n) is 4.62. The molecule has 0 spiro atoms. The molecule has 21 heavy (non-hydrogen) atoms. The second-order valence-electron chi connectivity index (χ2n) is 6.21. The van der Waals surface area contributed by atoms with E-state index < -0.39 is 0 Å². The molecule has 1 aromatic rings. The minimum atomic E-state index is -0.0173. The summed E-state index contributed by atoms with van der Waals surface area (Å²) in [6, 6.07) is 0.586. The Labute approximate surface area is 125 Å². The molecule has 0 saturated carbocycles. The number of nitrogens with one attached hydrogen (secondary N) is 2. The molecular formula is C15H25N5O. The number of hydrogen-bond acceptors (Lipinski definition) is 4. The first kappa shape index (κ1) is 14.5. The van der Waals surface area contributed by atoms with Crippen molar-refractivity contribution in [1.82, 2.24) is 25.4 Å². The highest BCUT2D eigenvalue weighted by Crippen LogP contribution is 2.25. The molecule has 2 atom stereocenters. The number of H-pyrrole nitrogens is 1. The number of likely N-dealkylation sites (tertiary alicyclic amines) is 1. The molecule has 2 N–H and O–H groups in total. The maximum atomic E-state index is 12.5. The van der Waals surface area contributed by atoms with Gasteiger partial charge in [0.2, 0.25) is 5.82 Å². The van der Waals surface area contributed by atoms with E-state index in [-0.39, 0.29) is 5.91 Å². The number of piperidine rings is 1. The van der Waals surface area contributed by atoms with Gasteiger partial charge >= 0.3 is 0 Å². The van der Waals surface area contributed by atoms with Crippen LogP contribution in [0.4, 0.5) is 0 Å². The van der Waals surface area contributed by atoms with Gasteiger partial charge in [-0.05, 0) is 44.6 Å². The number of amides is 1. The van der Waals surface area contributed by atoms with Crippen molar-refractivity contribution in [2.75, 3.05) is 19.6 Å². The number of aromatic amines is 1. The Morgan fingerprint density at radius 3 is 3.05 bits per heavy atom. The Hall–Kier alpha value is -1.43. The molecule has 2 saturated heterocycles. The lowest BCUT2D eigenvalue weighted by Gasteiger charge is -2.35. The average molecular weight is 291 g/mol. The Kier molecular flexibility index (Phi) is 4.53. The molecule has 2 aliphatic heterocycles. The minimum Gasteiger partial charge on any atom is -0.336 e. The molecule has 3 heterocycles. The van der Waals surface area contributed by atoms with E-state index in [4.69, 9.17) is 0 Å². The lowest BCUT2D eigenvalue weighted by molar-refractivity contribution is 0.0639. The van der Waals surface area contributed by atoms with Gasteiger partial charge in [-0.15, -0.1) is 5.10 Å². The van der Waals surface area contributed by atoms with Crippen LogP contribution in [0.25, 0.3) is 0 Å². The van der Waals surface area contributed by atoms with Crippen molar-refractivity contribution in [2.45, 2.75) is 51.5 Å². The van der Waals surface area contributed by atoms with Crippen molar-refractivity contribution in [3.8, 4) is 0 Å². The highest BCUT2D eigenvalue weighted by atomic mass is 16.2. The second-order valence-corrected chi connectivity index (χ2v) is 6.21. The quantitative estimate of drug-likeness (QED) is 0.878. The van der Waals surface area contributed by atoms with Gasteiger partial charge in [0.1, 0.15) is 5.82 Å². The number of carbonyl (C=O) groups excluding carboxylic acids is 1. The van der Waals surface area contributed by atoms with Crippen molar-refractivity contribution >= 4 is 5.91 Å². The number of carbonyl (C=O) groups is 1. The van der Waals surface area contributed by atoms with E-state index >= 15 is 0 Å². The summed E-state index contributed by atoms with van der Waals surface area (Å²) in [5.74, 6) is 1.71. The van der Waals surface area contributed by atoms with Gasteiger partial charge in [-0.1, -0.05) is 6.92 Å². The predicted molar refractivity (Wildman–Crippen MR) is 80.0 cm³/mol. The normalized spacial score (nSPS) is 26.2. The van der Waals surface area contributed by atoms with Gasteiger partial charge in [0.25, 0.3) is 5.91 Å². The zero-order valence-electron chi connectivity index (χ0n) is 12.8. The highest BCUT2D eigenvalue weighted by Gasteiger charge is 2.32. The van der Waals surface area contributed by atoms with Crippen molar-refractivity contribution in [3.63, 3.8) is 0 Å². The largest absolute Gasteiger partial charge is 0.336 e. The van der Waals surface area contributed by atoms with Gasteiger partial charge in [-0.3, -0.25) is 9.89 Å². The summed E-state index contributed by atoms with van der Waals surface area (Å²) in [5.41, 5.74) is 0. The molecular weight excluding hydrogens is 266 g/mol. The lowest BCUT2D eigenvalue weighted by Crippen LogP contribution is -2.46. The zero-order chi connectivity index (χ0) is 14.7. The molecule has 2 aliphatic rings. The fourth-order valence-corrected chi connectivity index (χ4v) is 3.52. The number of rotatable bonds is 4. The fraction of sp³-hybridized carbons (Fsp3) is 0.800. The average Bonchev–Trinajstić information content (AvgIpc) is 3.18. The van der Waals surface area contributed by atoms with Crippen LogP contribution in [0.1, 0.15) is 55.5 Å². The maximum absolute atomic E-state index is 12.5. The van der Waals surface area contributed by atoms with Gasteiger partial charge in [-0.2, -0.15) is 0 Å². The maximum Gasteiger partial charge on any atom is 0.293 e. The van der Waals surface area contributed by atoms with Crippen LogP contribution in [0.5, 0.6) is 0 Å². The molecule has 1 amide bonds. The van der Waals surface area contributed by atoms with Crippen molar-refractivity contribution in [3.05, 3.63) is 11.6 Å². The van der Waals surface area contributed by atoms with Crippen LogP contribution >= 0.6 is 0 Å². The summed E-state index contributed by atoms with van der Waals surface area (Å²) in [7, 11) is 0. The number of aromatic nitrogens is 3. The molecule has 6 heteroatoms. The number of aryl methyl sites for hydroxylation is 1. The molecule has 2 unspecified atom stereocenters. The molecule has 2 fully saturated rings. The van der Waals surface area contributed by atoms with Gasteiger partial charge in [0.05, 0.1) is 0 Å². The predicted octanol–water partition coefficient (Wildman–Crippen LogP) is 1.36. The summed E-state index contributed by atoms with van der Waals surface area (Å²) in [4.78, 5) is 18.8. The topological polar surface area (TPSA) is 73.9 Å². The van der Waals surface area contributed by atoms with E-state index in [2.05, 4.69) is 27.4 Å². The van der Waals surface area contributed by atoms with E-state index in [1.807, 2.05) is 4.90 Å². The first-order valence-corrected chi connectivity index (χ1v) is 8.22. The van der Waals surface area contributed by atoms with Crippen LogP contribution in [0, 0.1) is 5.92 Å². The lowest BCUT2D eigenvalue weighted by atomic mass is 9.90.